The van der Waals surface area contributed by atoms with Gasteiger partial charge in [-0.1, -0.05) is 6.92 Å². The van der Waals surface area contributed by atoms with E-state index in [2.05, 4.69) is 16.5 Å². The van der Waals surface area contributed by atoms with Crippen LogP contribution in [0, 0.1) is 6.92 Å². The lowest BCUT2D eigenvalue weighted by atomic mass is 10.2. The fourth-order valence-corrected chi connectivity index (χ4v) is 1.13. The molecule has 1 aromatic heterocycles. The van der Waals surface area contributed by atoms with Gasteiger partial charge in [-0.3, -0.25) is 0 Å². The predicted octanol–water partition coefficient (Wildman–Crippen LogP) is 0.557. The molecule has 1 unspecified atom stereocenters. The highest BCUT2D eigenvalue weighted by Crippen LogP contribution is 2.07. The number of aryl methyl sites for hydroxylation is 1. The van der Waals surface area contributed by atoms with Crippen LogP contribution < -0.4 is 10.3 Å². The monoisotopic (exact) mass is 154 g/mol. The summed E-state index contributed by atoms with van der Waals surface area (Å²) in [4.78, 5) is 3.14. The van der Waals surface area contributed by atoms with Crippen molar-refractivity contribution in [1.29, 1.82) is 0 Å². The molecule has 0 aliphatic carbocycles. The van der Waals surface area contributed by atoms with Crippen LogP contribution in [0.3, 0.4) is 0 Å². The van der Waals surface area contributed by atoms with Crippen molar-refractivity contribution in [3.8, 4) is 0 Å². The molecule has 1 aromatic rings. The average molecular weight is 154 g/mol. The zero-order chi connectivity index (χ0) is 8.43. The molecule has 3 heteroatoms. The minimum absolute atomic E-state index is 0.157. The molecule has 0 saturated heterocycles. The molecule has 0 aliphatic heterocycles. The summed E-state index contributed by atoms with van der Waals surface area (Å²) in [5.41, 5.74) is 7.04. The number of nitrogens with one attached hydrogen (secondary N) is 1. The Morgan fingerprint density at radius 1 is 1.73 bits per heavy atom. The Kier molecular flexibility index (Phi) is 2.29. The van der Waals surface area contributed by atoms with Crippen LogP contribution >= 0.6 is 0 Å². The maximum atomic E-state index is 5.87. The SMILES string of the molecule is CCC(N)c1c[nH]c(C)[n+]1C. The van der Waals surface area contributed by atoms with Crippen molar-refractivity contribution in [1.82, 2.24) is 4.98 Å². The Morgan fingerprint density at radius 2 is 2.36 bits per heavy atom. The second kappa shape index (κ2) is 3.05. The molecule has 0 radical (unpaired) electrons. The number of H-pyrrole nitrogens is 1. The standard InChI is InChI=1S/C8H15N3/c1-4-7(9)8-5-10-6(2)11(8)3/h5,7H,4,9H2,1-3H3/p+1. The molecule has 1 atom stereocenters. The molecule has 3 N–H and O–H groups in total. The molecule has 0 fully saturated rings. The molecule has 0 bridgehead atoms. The fraction of sp³-hybridized carbons (Fsp3) is 0.625. The molecule has 11 heavy (non-hydrogen) atoms. The van der Waals surface area contributed by atoms with Gasteiger partial charge in [0.1, 0.15) is 6.20 Å². The smallest absolute Gasteiger partial charge is 0.251 e. The third-order valence-corrected chi connectivity index (χ3v) is 2.14. The van der Waals surface area contributed by atoms with Gasteiger partial charge in [0.05, 0.1) is 13.1 Å². The van der Waals surface area contributed by atoms with E-state index in [4.69, 9.17) is 5.73 Å². The Labute approximate surface area is 67.2 Å². The van der Waals surface area contributed by atoms with Crippen LogP contribution in [0.25, 0.3) is 0 Å². The lowest BCUT2D eigenvalue weighted by molar-refractivity contribution is -0.685. The summed E-state index contributed by atoms with van der Waals surface area (Å²) in [7, 11) is 2.02. The molecule has 1 heterocycles. The maximum absolute atomic E-state index is 5.87. The van der Waals surface area contributed by atoms with Crippen molar-refractivity contribution < 1.29 is 4.57 Å². The van der Waals surface area contributed by atoms with Crippen molar-refractivity contribution in [2.75, 3.05) is 0 Å². The van der Waals surface area contributed by atoms with Crippen molar-refractivity contribution in [2.24, 2.45) is 12.8 Å². The van der Waals surface area contributed by atoms with Gasteiger partial charge in [-0.2, -0.15) is 0 Å². The van der Waals surface area contributed by atoms with Gasteiger partial charge in [-0.15, -0.1) is 0 Å². The molecule has 0 saturated carbocycles. The number of aromatic nitrogens is 2. The van der Waals surface area contributed by atoms with Gasteiger partial charge >= 0.3 is 0 Å². The van der Waals surface area contributed by atoms with E-state index in [0.717, 1.165) is 12.2 Å². The molecule has 0 amide bonds. The number of nitrogens with two attached hydrogens (primary N) is 1. The van der Waals surface area contributed by atoms with Crippen LogP contribution in [-0.2, 0) is 7.05 Å². The van der Waals surface area contributed by atoms with E-state index in [-0.39, 0.29) is 6.04 Å². The van der Waals surface area contributed by atoms with Crippen LogP contribution in [0.15, 0.2) is 6.20 Å². The van der Waals surface area contributed by atoms with Gasteiger partial charge in [-0.25, -0.2) is 9.55 Å². The van der Waals surface area contributed by atoms with Crippen LogP contribution in [0.2, 0.25) is 0 Å². The number of imidazole rings is 1. The quantitative estimate of drug-likeness (QED) is 0.601. The van der Waals surface area contributed by atoms with Gasteiger partial charge in [0, 0.05) is 6.92 Å². The second-order valence-corrected chi connectivity index (χ2v) is 2.87. The van der Waals surface area contributed by atoms with Crippen molar-refractivity contribution in [3.63, 3.8) is 0 Å². The van der Waals surface area contributed by atoms with E-state index in [1.165, 1.54) is 5.69 Å². The van der Waals surface area contributed by atoms with Gasteiger partial charge < -0.3 is 5.73 Å². The average Bonchev–Trinajstić information content (AvgIpc) is 2.32. The lowest BCUT2D eigenvalue weighted by Gasteiger charge is -2.03. The number of rotatable bonds is 2. The first-order valence-corrected chi connectivity index (χ1v) is 3.96. The van der Waals surface area contributed by atoms with Gasteiger partial charge in [0.25, 0.3) is 5.82 Å². The molecular weight excluding hydrogens is 138 g/mol. The van der Waals surface area contributed by atoms with Crippen LogP contribution in [0.1, 0.15) is 30.9 Å². The van der Waals surface area contributed by atoms with Crippen LogP contribution in [-0.4, -0.2) is 4.98 Å². The minimum Gasteiger partial charge on any atom is -0.321 e. The topological polar surface area (TPSA) is 45.7 Å². The van der Waals surface area contributed by atoms with Crippen LogP contribution in [0.4, 0.5) is 0 Å². The molecule has 1 rings (SSSR count). The third-order valence-electron chi connectivity index (χ3n) is 2.14. The fourth-order valence-electron chi connectivity index (χ4n) is 1.13. The largest absolute Gasteiger partial charge is 0.321 e. The van der Waals surface area contributed by atoms with Crippen LogP contribution in [0.5, 0.6) is 0 Å². The Balaban J connectivity index is 2.94. The highest BCUT2D eigenvalue weighted by atomic mass is 15.1. The van der Waals surface area contributed by atoms with E-state index in [0.29, 0.717) is 0 Å². The molecular formula is C8H16N3+. The van der Waals surface area contributed by atoms with E-state index in [1.54, 1.807) is 0 Å². The Bertz CT molecular complexity index is 239. The zero-order valence-corrected chi connectivity index (χ0v) is 7.39. The molecule has 0 aromatic carbocycles. The number of hydrogen-bond donors (Lipinski definition) is 2. The molecule has 0 spiro atoms. The molecule has 0 aliphatic rings. The zero-order valence-electron chi connectivity index (χ0n) is 7.39. The first kappa shape index (κ1) is 8.27. The van der Waals surface area contributed by atoms with E-state index in [9.17, 15) is 0 Å². The number of nitrogens with zero attached hydrogens (tertiary/aromatic N) is 1. The number of aromatic amines is 1. The normalized spacial score (nSPS) is 13.5. The summed E-state index contributed by atoms with van der Waals surface area (Å²) in [6, 6.07) is 0.157. The minimum atomic E-state index is 0.157. The van der Waals surface area contributed by atoms with Crippen molar-refractivity contribution in [3.05, 3.63) is 17.7 Å². The van der Waals surface area contributed by atoms with Crippen molar-refractivity contribution >= 4 is 0 Å². The highest BCUT2D eigenvalue weighted by molar-refractivity contribution is 4.96. The van der Waals surface area contributed by atoms with Gasteiger partial charge in [-0.05, 0) is 6.42 Å². The van der Waals surface area contributed by atoms with Gasteiger partial charge in [0.2, 0.25) is 0 Å². The predicted molar refractivity (Wildman–Crippen MR) is 43.9 cm³/mol. The lowest BCUT2D eigenvalue weighted by Crippen LogP contribution is -2.37. The van der Waals surface area contributed by atoms with Crippen molar-refractivity contribution in [2.45, 2.75) is 26.3 Å². The summed E-state index contributed by atoms with van der Waals surface area (Å²) in [5.74, 6) is 1.14. The Hall–Kier alpha value is -0.830. The maximum Gasteiger partial charge on any atom is 0.251 e. The second-order valence-electron chi connectivity index (χ2n) is 2.87. The Morgan fingerprint density at radius 3 is 2.73 bits per heavy atom. The first-order valence-electron chi connectivity index (χ1n) is 3.96. The van der Waals surface area contributed by atoms with E-state index >= 15 is 0 Å². The first-order chi connectivity index (χ1) is 5.16. The summed E-state index contributed by atoms with van der Waals surface area (Å²) >= 11 is 0. The molecule has 3 nitrogen and oxygen atoms in total. The summed E-state index contributed by atoms with van der Waals surface area (Å²) in [6.45, 7) is 4.12. The summed E-state index contributed by atoms with van der Waals surface area (Å²) < 4.78 is 2.09. The summed E-state index contributed by atoms with van der Waals surface area (Å²) in [5, 5.41) is 0. The summed E-state index contributed by atoms with van der Waals surface area (Å²) in [6.07, 6.45) is 2.95. The van der Waals surface area contributed by atoms with E-state index in [1.807, 2.05) is 20.2 Å². The highest BCUT2D eigenvalue weighted by Gasteiger charge is 2.15. The third kappa shape index (κ3) is 1.43. The number of hydrogen-bond acceptors (Lipinski definition) is 1. The van der Waals surface area contributed by atoms with E-state index < -0.39 is 0 Å². The van der Waals surface area contributed by atoms with Gasteiger partial charge in [0.15, 0.2) is 5.69 Å². The molecule has 62 valence electrons.